The SMILES string of the molecule is COCC(O)CCCCCCC(O)COC1CC(OCC(O)CCCCCCC(O)COC)CC(OCC(O)CCCCCCC(O)COC)C1. The average molecular weight is 739 g/mol. The van der Waals surface area contributed by atoms with Crippen molar-refractivity contribution in [2.24, 2.45) is 0 Å². The molecule has 6 N–H and O–H groups in total. The second-order valence-electron chi connectivity index (χ2n) is 14.8. The molecule has 1 rings (SSSR count). The standard InChI is InChI=1S/C39H78O12/c1-46-25-31(40)16-10-4-7-13-19-34(43)28-49-37-22-38(50-29-35(44)20-14-8-5-11-17-32(41)26-47-2)24-39(23-37)51-30-36(45)21-15-9-6-12-18-33(42)27-48-3/h31-45H,4-30H2,1-3H3. The lowest BCUT2D eigenvalue weighted by molar-refractivity contribution is -0.128. The molecule has 6 atom stereocenters. The molecule has 0 bridgehead atoms. The number of rotatable bonds is 36. The minimum absolute atomic E-state index is 0.151. The quantitative estimate of drug-likeness (QED) is 0.0499. The van der Waals surface area contributed by atoms with Gasteiger partial charge < -0.3 is 59.1 Å². The summed E-state index contributed by atoms with van der Waals surface area (Å²) in [5, 5.41) is 61.2. The number of aliphatic hydroxyl groups is 6. The van der Waals surface area contributed by atoms with Gasteiger partial charge in [-0.2, -0.15) is 0 Å². The molecule has 0 heterocycles. The molecule has 6 unspecified atom stereocenters. The monoisotopic (exact) mass is 739 g/mol. The highest BCUT2D eigenvalue weighted by Gasteiger charge is 2.32. The molecule has 0 aliphatic heterocycles. The Morgan fingerprint density at radius 3 is 0.725 bits per heavy atom. The molecule has 0 aromatic heterocycles. The first-order valence-corrected chi connectivity index (χ1v) is 20.1. The summed E-state index contributed by atoms with van der Waals surface area (Å²) in [7, 11) is 4.77. The van der Waals surface area contributed by atoms with Crippen molar-refractivity contribution in [3.8, 4) is 0 Å². The second kappa shape index (κ2) is 32.9. The van der Waals surface area contributed by atoms with E-state index < -0.39 is 36.6 Å². The van der Waals surface area contributed by atoms with Crippen LogP contribution in [0.2, 0.25) is 0 Å². The van der Waals surface area contributed by atoms with E-state index in [0.29, 0.717) is 58.3 Å². The first-order chi connectivity index (χ1) is 24.7. The topological polar surface area (TPSA) is 177 Å². The molecule has 12 heteroatoms. The van der Waals surface area contributed by atoms with Crippen LogP contribution in [0.5, 0.6) is 0 Å². The van der Waals surface area contributed by atoms with Crippen molar-refractivity contribution >= 4 is 0 Å². The number of hydrogen-bond acceptors (Lipinski definition) is 12. The van der Waals surface area contributed by atoms with Gasteiger partial charge in [-0.25, -0.2) is 0 Å². The van der Waals surface area contributed by atoms with E-state index in [1.165, 1.54) is 0 Å². The van der Waals surface area contributed by atoms with Gasteiger partial charge in [0.25, 0.3) is 0 Å². The lowest BCUT2D eigenvalue weighted by Crippen LogP contribution is -2.40. The predicted molar refractivity (Wildman–Crippen MR) is 198 cm³/mol. The Morgan fingerprint density at radius 1 is 0.333 bits per heavy atom. The lowest BCUT2D eigenvalue weighted by atomic mass is 9.92. The molecular formula is C39H78O12. The van der Waals surface area contributed by atoms with Crippen LogP contribution in [-0.4, -0.2) is 147 Å². The molecule has 0 spiro atoms. The van der Waals surface area contributed by atoms with E-state index >= 15 is 0 Å². The number of aliphatic hydroxyl groups excluding tert-OH is 6. The number of unbranched alkanes of at least 4 members (excludes halogenated alkanes) is 9. The Hall–Kier alpha value is -0.480. The lowest BCUT2D eigenvalue weighted by Gasteiger charge is -2.35. The molecule has 1 aliphatic rings. The molecule has 1 aliphatic carbocycles. The summed E-state index contributed by atoms with van der Waals surface area (Å²) >= 11 is 0. The summed E-state index contributed by atoms with van der Waals surface area (Å²) in [6, 6.07) is 0. The number of hydrogen-bond donors (Lipinski definition) is 6. The maximum absolute atomic E-state index is 10.6. The Kier molecular flexibility index (Phi) is 31.3. The fraction of sp³-hybridized carbons (Fsp3) is 1.00. The zero-order valence-electron chi connectivity index (χ0n) is 32.4. The van der Waals surface area contributed by atoms with E-state index in [4.69, 9.17) is 28.4 Å². The van der Waals surface area contributed by atoms with Crippen LogP contribution in [0, 0.1) is 0 Å². The minimum Gasteiger partial charge on any atom is -0.391 e. The van der Waals surface area contributed by atoms with Crippen LogP contribution >= 0.6 is 0 Å². The third kappa shape index (κ3) is 28.6. The van der Waals surface area contributed by atoms with E-state index in [1.807, 2.05) is 0 Å². The van der Waals surface area contributed by atoms with Gasteiger partial charge in [-0.3, -0.25) is 0 Å². The van der Waals surface area contributed by atoms with E-state index in [0.717, 1.165) is 96.3 Å². The molecule has 0 saturated heterocycles. The van der Waals surface area contributed by atoms with Crippen molar-refractivity contribution in [1.82, 2.24) is 0 Å². The Bertz CT molecular complexity index is 648. The van der Waals surface area contributed by atoms with Crippen molar-refractivity contribution in [2.75, 3.05) is 61.0 Å². The van der Waals surface area contributed by atoms with Gasteiger partial charge in [-0.05, 0) is 57.8 Å². The van der Waals surface area contributed by atoms with Crippen molar-refractivity contribution in [3.63, 3.8) is 0 Å². The molecule has 306 valence electrons. The van der Waals surface area contributed by atoms with Gasteiger partial charge >= 0.3 is 0 Å². The molecule has 0 amide bonds. The van der Waals surface area contributed by atoms with Crippen LogP contribution < -0.4 is 0 Å². The van der Waals surface area contributed by atoms with Crippen LogP contribution in [0.1, 0.15) is 135 Å². The Labute approximate surface area is 309 Å². The molecule has 0 radical (unpaired) electrons. The van der Waals surface area contributed by atoms with Gasteiger partial charge in [0.15, 0.2) is 0 Å². The molecule has 12 nitrogen and oxygen atoms in total. The first-order valence-electron chi connectivity index (χ1n) is 20.1. The third-order valence-corrected chi connectivity index (χ3v) is 9.70. The van der Waals surface area contributed by atoms with Crippen LogP contribution in [0.25, 0.3) is 0 Å². The zero-order chi connectivity index (χ0) is 37.5. The van der Waals surface area contributed by atoms with E-state index in [2.05, 4.69) is 0 Å². The van der Waals surface area contributed by atoms with Gasteiger partial charge in [0, 0.05) is 21.3 Å². The maximum Gasteiger partial charge on any atom is 0.0773 e. The van der Waals surface area contributed by atoms with Crippen LogP contribution in [0.15, 0.2) is 0 Å². The van der Waals surface area contributed by atoms with Crippen LogP contribution in [0.4, 0.5) is 0 Å². The highest BCUT2D eigenvalue weighted by atomic mass is 16.5. The van der Waals surface area contributed by atoms with Gasteiger partial charge in [-0.15, -0.1) is 0 Å². The molecule has 0 aromatic rings. The molecule has 51 heavy (non-hydrogen) atoms. The van der Waals surface area contributed by atoms with E-state index in [1.54, 1.807) is 21.3 Å². The van der Waals surface area contributed by atoms with Crippen LogP contribution in [0.3, 0.4) is 0 Å². The zero-order valence-corrected chi connectivity index (χ0v) is 32.4. The van der Waals surface area contributed by atoms with Gasteiger partial charge in [0.2, 0.25) is 0 Å². The van der Waals surface area contributed by atoms with Crippen molar-refractivity contribution in [3.05, 3.63) is 0 Å². The summed E-state index contributed by atoms with van der Waals surface area (Å²) < 4.78 is 33.5. The third-order valence-electron chi connectivity index (χ3n) is 9.70. The van der Waals surface area contributed by atoms with Gasteiger partial charge in [-0.1, -0.05) is 77.0 Å². The number of methoxy groups -OCH3 is 3. The van der Waals surface area contributed by atoms with Crippen molar-refractivity contribution in [1.29, 1.82) is 0 Å². The summed E-state index contributed by atoms with van der Waals surface area (Å²) in [6.45, 7) is 1.82. The molecule has 1 saturated carbocycles. The van der Waals surface area contributed by atoms with Crippen molar-refractivity contribution < 1.29 is 59.1 Å². The Balaban J connectivity index is 2.45. The fourth-order valence-corrected chi connectivity index (χ4v) is 6.74. The largest absolute Gasteiger partial charge is 0.391 e. The average Bonchev–Trinajstić information content (AvgIpc) is 3.10. The summed E-state index contributed by atoms with van der Waals surface area (Å²) in [5.41, 5.74) is 0. The summed E-state index contributed by atoms with van der Waals surface area (Å²) in [4.78, 5) is 0. The first kappa shape index (κ1) is 48.5. The summed E-state index contributed by atoms with van der Waals surface area (Å²) in [6.07, 6.45) is 14.3. The van der Waals surface area contributed by atoms with Crippen LogP contribution in [-0.2, 0) is 28.4 Å². The highest BCUT2D eigenvalue weighted by Crippen LogP contribution is 2.28. The smallest absolute Gasteiger partial charge is 0.0773 e. The Morgan fingerprint density at radius 2 is 0.529 bits per heavy atom. The molecule has 0 aromatic carbocycles. The maximum atomic E-state index is 10.6. The predicted octanol–water partition coefficient (Wildman–Crippen LogP) is 4.45. The fourth-order valence-electron chi connectivity index (χ4n) is 6.74. The minimum atomic E-state index is -0.556. The van der Waals surface area contributed by atoms with E-state index in [-0.39, 0.29) is 38.1 Å². The highest BCUT2D eigenvalue weighted by molar-refractivity contribution is 4.82. The van der Waals surface area contributed by atoms with Crippen molar-refractivity contribution in [2.45, 2.75) is 190 Å². The van der Waals surface area contributed by atoms with Gasteiger partial charge in [0.1, 0.15) is 0 Å². The number of ether oxygens (including phenoxy) is 6. The van der Waals surface area contributed by atoms with Gasteiger partial charge in [0.05, 0.1) is 94.6 Å². The summed E-state index contributed by atoms with van der Waals surface area (Å²) in [5.74, 6) is 0. The normalized spacial score (nSPS) is 21.7. The molecular weight excluding hydrogens is 660 g/mol. The second-order valence-corrected chi connectivity index (χ2v) is 14.8. The molecule has 1 fully saturated rings. The van der Waals surface area contributed by atoms with E-state index in [9.17, 15) is 30.6 Å².